The quantitative estimate of drug-likeness (QED) is 0.313. The number of rotatable bonds is 7. The van der Waals surface area contributed by atoms with Crippen LogP contribution in [0.3, 0.4) is 0 Å². The second-order valence-corrected chi connectivity index (χ2v) is 8.45. The van der Waals surface area contributed by atoms with Gasteiger partial charge in [0.2, 0.25) is 0 Å². The molecule has 0 amide bonds. The Morgan fingerprint density at radius 1 is 1.10 bits per heavy atom. The summed E-state index contributed by atoms with van der Waals surface area (Å²) in [5.41, 5.74) is 0. The minimum atomic E-state index is 0. The highest BCUT2D eigenvalue weighted by atomic mass is 127. The number of guanidine groups is 1. The summed E-state index contributed by atoms with van der Waals surface area (Å²) in [4.78, 5) is 9.38. The van der Waals surface area contributed by atoms with Crippen molar-refractivity contribution in [3.63, 3.8) is 0 Å². The van der Waals surface area contributed by atoms with E-state index in [4.69, 9.17) is 14.2 Å². The standard InChI is InChI=1S/C21H40N4O3.HI/c1-18(16-24-10-13-26-14-11-24)15-23-21(22-2)25-8-6-19(7-9-25)28-17-20-5-3-4-12-27-20;/h18-20H,3-17H2,1-2H3,(H,22,23);1H. The highest BCUT2D eigenvalue weighted by Crippen LogP contribution is 2.18. The van der Waals surface area contributed by atoms with Crippen molar-refractivity contribution in [2.45, 2.75) is 51.2 Å². The van der Waals surface area contributed by atoms with Crippen LogP contribution >= 0.6 is 24.0 Å². The largest absolute Gasteiger partial charge is 0.379 e. The summed E-state index contributed by atoms with van der Waals surface area (Å²) in [6, 6.07) is 0. The summed E-state index contributed by atoms with van der Waals surface area (Å²) >= 11 is 0. The van der Waals surface area contributed by atoms with E-state index in [1.54, 1.807) is 0 Å². The van der Waals surface area contributed by atoms with E-state index >= 15 is 0 Å². The third kappa shape index (κ3) is 8.85. The molecule has 3 aliphatic heterocycles. The molecule has 3 aliphatic rings. The molecule has 2 atom stereocenters. The molecule has 7 nitrogen and oxygen atoms in total. The lowest BCUT2D eigenvalue weighted by Gasteiger charge is -2.35. The fraction of sp³-hybridized carbons (Fsp3) is 0.952. The Hall–Kier alpha value is -0.160. The summed E-state index contributed by atoms with van der Waals surface area (Å²) in [5, 5.41) is 3.58. The molecule has 170 valence electrons. The molecule has 3 rings (SSSR count). The molecule has 3 saturated heterocycles. The maximum atomic E-state index is 6.14. The van der Waals surface area contributed by atoms with Crippen LogP contribution in [-0.4, -0.2) is 101 Å². The molecule has 0 aromatic carbocycles. The summed E-state index contributed by atoms with van der Waals surface area (Å²) in [5.74, 6) is 1.62. The molecule has 29 heavy (non-hydrogen) atoms. The number of nitrogens with zero attached hydrogens (tertiary/aromatic N) is 3. The third-order valence-electron chi connectivity index (χ3n) is 6.03. The zero-order valence-corrected chi connectivity index (χ0v) is 20.6. The molecule has 0 spiro atoms. The number of nitrogens with one attached hydrogen (secondary N) is 1. The molecular formula is C21H41IN4O3. The molecule has 0 aromatic heterocycles. The number of hydrogen-bond acceptors (Lipinski definition) is 5. The van der Waals surface area contributed by atoms with Crippen LogP contribution in [0.5, 0.6) is 0 Å². The van der Waals surface area contributed by atoms with E-state index in [2.05, 4.69) is 27.0 Å². The van der Waals surface area contributed by atoms with E-state index < -0.39 is 0 Å². The van der Waals surface area contributed by atoms with Gasteiger partial charge in [-0.2, -0.15) is 0 Å². The molecule has 0 saturated carbocycles. The molecule has 8 heteroatoms. The Morgan fingerprint density at radius 2 is 1.86 bits per heavy atom. The second kappa shape index (κ2) is 14.0. The molecule has 3 heterocycles. The van der Waals surface area contributed by atoms with Gasteiger partial charge in [0.05, 0.1) is 32.0 Å². The number of morpholine rings is 1. The van der Waals surface area contributed by atoms with Crippen molar-refractivity contribution < 1.29 is 14.2 Å². The summed E-state index contributed by atoms with van der Waals surface area (Å²) < 4.78 is 17.4. The number of ether oxygens (including phenoxy) is 3. The van der Waals surface area contributed by atoms with Crippen LogP contribution in [0, 0.1) is 5.92 Å². The van der Waals surface area contributed by atoms with Gasteiger partial charge in [-0.3, -0.25) is 9.89 Å². The fourth-order valence-corrected chi connectivity index (χ4v) is 4.30. The SMILES string of the molecule is CN=C(NCC(C)CN1CCOCC1)N1CCC(OCC2CCCCO2)CC1.I. The Labute approximate surface area is 193 Å². The van der Waals surface area contributed by atoms with Crippen LogP contribution in [0.4, 0.5) is 0 Å². The van der Waals surface area contributed by atoms with Crippen molar-refractivity contribution in [1.29, 1.82) is 0 Å². The van der Waals surface area contributed by atoms with Gasteiger partial charge < -0.3 is 24.4 Å². The molecule has 0 aliphatic carbocycles. The lowest BCUT2D eigenvalue weighted by Crippen LogP contribution is -2.49. The van der Waals surface area contributed by atoms with Crippen molar-refractivity contribution in [2.24, 2.45) is 10.9 Å². The monoisotopic (exact) mass is 524 g/mol. The maximum absolute atomic E-state index is 6.14. The second-order valence-electron chi connectivity index (χ2n) is 8.45. The van der Waals surface area contributed by atoms with E-state index in [1.165, 1.54) is 12.8 Å². The van der Waals surface area contributed by atoms with E-state index in [0.29, 0.717) is 18.1 Å². The average Bonchev–Trinajstić information content (AvgIpc) is 2.75. The van der Waals surface area contributed by atoms with Crippen molar-refractivity contribution in [3.05, 3.63) is 0 Å². The first-order valence-electron chi connectivity index (χ1n) is 11.2. The minimum Gasteiger partial charge on any atom is -0.379 e. The van der Waals surface area contributed by atoms with Crippen LogP contribution in [0.1, 0.15) is 39.0 Å². The Balaban J connectivity index is 0.00000300. The Morgan fingerprint density at radius 3 is 2.52 bits per heavy atom. The van der Waals surface area contributed by atoms with Gasteiger partial charge in [0.15, 0.2) is 5.96 Å². The maximum Gasteiger partial charge on any atom is 0.193 e. The van der Waals surface area contributed by atoms with Gasteiger partial charge in [-0.25, -0.2) is 0 Å². The van der Waals surface area contributed by atoms with Crippen LogP contribution in [0.2, 0.25) is 0 Å². The van der Waals surface area contributed by atoms with Gasteiger partial charge >= 0.3 is 0 Å². The molecular weight excluding hydrogens is 483 g/mol. The van der Waals surface area contributed by atoms with Crippen molar-refractivity contribution in [1.82, 2.24) is 15.1 Å². The summed E-state index contributed by atoms with van der Waals surface area (Å²) in [6.45, 7) is 11.9. The first-order chi connectivity index (χ1) is 13.7. The predicted molar refractivity (Wildman–Crippen MR) is 127 cm³/mol. The van der Waals surface area contributed by atoms with E-state index in [9.17, 15) is 0 Å². The smallest absolute Gasteiger partial charge is 0.193 e. The van der Waals surface area contributed by atoms with Gasteiger partial charge in [-0.15, -0.1) is 24.0 Å². The zero-order valence-electron chi connectivity index (χ0n) is 18.3. The van der Waals surface area contributed by atoms with E-state index in [0.717, 1.165) is 90.9 Å². The number of aliphatic imine (C=N–C) groups is 1. The van der Waals surface area contributed by atoms with Crippen molar-refractivity contribution >= 4 is 29.9 Å². The van der Waals surface area contributed by atoms with Gasteiger partial charge in [0, 0.05) is 52.9 Å². The van der Waals surface area contributed by atoms with E-state index in [1.807, 2.05) is 7.05 Å². The zero-order chi connectivity index (χ0) is 19.6. The average molecular weight is 524 g/mol. The van der Waals surface area contributed by atoms with Crippen molar-refractivity contribution in [2.75, 3.05) is 72.7 Å². The third-order valence-corrected chi connectivity index (χ3v) is 6.03. The Kier molecular flexibility index (Phi) is 12.1. The summed E-state index contributed by atoms with van der Waals surface area (Å²) in [6.07, 6.45) is 6.44. The number of likely N-dealkylation sites (tertiary alicyclic amines) is 1. The normalized spacial score (nSPS) is 26.1. The number of piperidine rings is 1. The molecule has 0 bridgehead atoms. The van der Waals surface area contributed by atoms with Gasteiger partial charge in [0.25, 0.3) is 0 Å². The van der Waals surface area contributed by atoms with Gasteiger partial charge in [-0.05, 0) is 38.0 Å². The van der Waals surface area contributed by atoms with Crippen molar-refractivity contribution in [3.8, 4) is 0 Å². The lowest BCUT2D eigenvalue weighted by molar-refractivity contribution is -0.0721. The fourth-order valence-electron chi connectivity index (χ4n) is 4.30. The van der Waals surface area contributed by atoms with Crippen LogP contribution in [0.25, 0.3) is 0 Å². The van der Waals surface area contributed by atoms with Crippen LogP contribution < -0.4 is 5.32 Å². The number of hydrogen-bond donors (Lipinski definition) is 1. The van der Waals surface area contributed by atoms with Gasteiger partial charge in [-0.1, -0.05) is 6.92 Å². The molecule has 2 unspecified atom stereocenters. The molecule has 0 aromatic rings. The predicted octanol–water partition coefficient (Wildman–Crippen LogP) is 2.20. The first-order valence-corrected chi connectivity index (χ1v) is 11.2. The highest BCUT2D eigenvalue weighted by molar-refractivity contribution is 14.0. The number of halogens is 1. The topological polar surface area (TPSA) is 58.6 Å². The van der Waals surface area contributed by atoms with Crippen LogP contribution in [0.15, 0.2) is 4.99 Å². The molecule has 3 fully saturated rings. The first kappa shape index (κ1) is 25.1. The lowest BCUT2D eigenvalue weighted by atomic mass is 10.1. The van der Waals surface area contributed by atoms with Gasteiger partial charge in [0.1, 0.15) is 0 Å². The minimum absolute atomic E-state index is 0. The van der Waals surface area contributed by atoms with E-state index in [-0.39, 0.29) is 24.0 Å². The summed E-state index contributed by atoms with van der Waals surface area (Å²) in [7, 11) is 1.89. The van der Waals surface area contributed by atoms with Crippen LogP contribution in [-0.2, 0) is 14.2 Å². The molecule has 1 N–H and O–H groups in total. The molecule has 0 radical (unpaired) electrons. The highest BCUT2D eigenvalue weighted by Gasteiger charge is 2.24. The Bertz CT molecular complexity index is 463.